The number of carbonyl (C=O) groups excluding carboxylic acids is 1. The van der Waals surface area contributed by atoms with Crippen LogP contribution in [-0.4, -0.2) is 28.3 Å². The molecule has 4 aromatic rings. The highest BCUT2D eigenvalue weighted by molar-refractivity contribution is 7.99. The van der Waals surface area contributed by atoms with Gasteiger partial charge < -0.3 is 4.90 Å². The maximum absolute atomic E-state index is 13.9. The minimum absolute atomic E-state index is 0.0653. The van der Waals surface area contributed by atoms with Crippen LogP contribution in [0.25, 0.3) is 15.9 Å². The summed E-state index contributed by atoms with van der Waals surface area (Å²) in [6.07, 6.45) is 4.14. The minimum atomic E-state index is -0.0873. The third kappa shape index (κ3) is 4.28. The molecular formula is C26H24ClN3O2S2. The molecule has 2 aromatic heterocycles. The predicted octanol–water partition coefficient (Wildman–Crippen LogP) is 6.04. The summed E-state index contributed by atoms with van der Waals surface area (Å²) in [6, 6.07) is 15.1. The second kappa shape index (κ2) is 9.56. The van der Waals surface area contributed by atoms with Crippen LogP contribution in [0.1, 0.15) is 28.8 Å². The molecule has 0 saturated heterocycles. The Balaban J connectivity index is 1.57. The van der Waals surface area contributed by atoms with Crippen molar-refractivity contribution in [3.63, 3.8) is 0 Å². The topological polar surface area (TPSA) is 55.2 Å². The van der Waals surface area contributed by atoms with Gasteiger partial charge in [0.25, 0.3) is 5.56 Å². The Hall–Kier alpha value is -2.61. The molecule has 8 heteroatoms. The lowest BCUT2D eigenvalue weighted by Gasteiger charge is -2.18. The zero-order chi connectivity index (χ0) is 23.8. The highest BCUT2D eigenvalue weighted by atomic mass is 35.5. The van der Waals surface area contributed by atoms with Gasteiger partial charge in [-0.05, 0) is 68.0 Å². The fraction of sp³-hybridized carbons (Fsp3) is 0.269. The number of aryl methyl sites for hydroxylation is 3. The van der Waals surface area contributed by atoms with E-state index in [-0.39, 0.29) is 17.2 Å². The van der Waals surface area contributed by atoms with Crippen molar-refractivity contribution >= 4 is 56.5 Å². The molecule has 5 rings (SSSR count). The van der Waals surface area contributed by atoms with E-state index in [0.717, 1.165) is 47.3 Å². The number of rotatable bonds is 5. The molecule has 0 atom stereocenters. The molecule has 0 unspecified atom stereocenters. The number of hydrogen-bond donors (Lipinski definition) is 0. The van der Waals surface area contributed by atoms with E-state index in [1.807, 2.05) is 49.4 Å². The van der Waals surface area contributed by atoms with Crippen LogP contribution in [0.5, 0.6) is 0 Å². The molecule has 34 heavy (non-hydrogen) atoms. The lowest BCUT2D eigenvalue weighted by atomic mass is 9.97. The van der Waals surface area contributed by atoms with Crippen molar-refractivity contribution < 1.29 is 4.79 Å². The molecule has 2 aromatic carbocycles. The van der Waals surface area contributed by atoms with E-state index in [0.29, 0.717) is 21.3 Å². The van der Waals surface area contributed by atoms with Crippen molar-refractivity contribution in [2.45, 2.75) is 37.8 Å². The summed E-state index contributed by atoms with van der Waals surface area (Å²) in [5.41, 5.74) is 3.49. The molecule has 0 spiro atoms. The number of amides is 1. The summed E-state index contributed by atoms with van der Waals surface area (Å²) in [5, 5.41) is 1.81. The molecule has 0 saturated carbocycles. The Morgan fingerprint density at radius 1 is 1.18 bits per heavy atom. The molecule has 1 aliphatic rings. The highest BCUT2D eigenvalue weighted by Gasteiger charge is 2.24. The first-order chi connectivity index (χ1) is 16.4. The number of thiophene rings is 1. The van der Waals surface area contributed by atoms with Gasteiger partial charge >= 0.3 is 0 Å². The molecule has 2 heterocycles. The number of nitrogens with zero attached hydrogens (tertiary/aromatic N) is 3. The molecule has 0 radical (unpaired) electrons. The lowest BCUT2D eigenvalue weighted by molar-refractivity contribution is -0.115. The van der Waals surface area contributed by atoms with Crippen LogP contribution in [0.3, 0.4) is 0 Å². The number of carbonyl (C=O) groups is 1. The van der Waals surface area contributed by atoms with Crippen molar-refractivity contribution in [2.75, 3.05) is 17.7 Å². The fourth-order valence-electron chi connectivity index (χ4n) is 4.25. The zero-order valence-corrected chi connectivity index (χ0v) is 21.4. The Labute approximate surface area is 211 Å². The van der Waals surface area contributed by atoms with Crippen molar-refractivity contribution in [2.24, 2.45) is 0 Å². The number of thioether (sulfide) groups is 1. The minimum Gasteiger partial charge on any atom is -0.315 e. The molecule has 5 nitrogen and oxygen atoms in total. The van der Waals surface area contributed by atoms with Crippen molar-refractivity contribution in [3.8, 4) is 5.69 Å². The van der Waals surface area contributed by atoms with Crippen molar-refractivity contribution in [1.82, 2.24) is 9.55 Å². The van der Waals surface area contributed by atoms with Crippen molar-refractivity contribution in [1.29, 1.82) is 0 Å². The maximum atomic E-state index is 13.9. The van der Waals surface area contributed by atoms with Gasteiger partial charge in [-0.1, -0.05) is 47.6 Å². The molecule has 1 aliphatic carbocycles. The third-order valence-electron chi connectivity index (χ3n) is 6.21. The third-order valence-corrected chi connectivity index (χ3v) is 8.73. The van der Waals surface area contributed by atoms with Gasteiger partial charge in [-0.2, -0.15) is 0 Å². The second-order valence-corrected chi connectivity index (χ2v) is 10.9. The van der Waals surface area contributed by atoms with Crippen LogP contribution in [0.4, 0.5) is 5.69 Å². The average Bonchev–Trinajstić information content (AvgIpc) is 3.23. The number of aromatic nitrogens is 2. The number of para-hydroxylation sites is 1. The Morgan fingerprint density at radius 3 is 2.71 bits per heavy atom. The fourth-order valence-corrected chi connectivity index (χ4v) is 6.65. The zero-order valence-electron chi connectivity index (χ0n) is 19.0. The van der Waals surface area contributed by atoms with Crippen LogP contribution in [0.15, 0.2) is 58.5 Å². The SMILES string of the molecule is Cc1ccc(-n2c(SCC(=O)N(C)c3ccccc3)nc3sc4c(c3c2=O)CCCC4)cc1Cl. The first-order valence-electron chi connectivity index (χ1n) is 11.2. The molecule has 174 valence electrons. The van der Waals surface area contributed by atoms with E-state index in [2.05, 4.69) is 0 Å². The molecule has 1 amide bonds. The van der Waals surface area contributed by atoms with Gasteiger partial charge in [-0.25, -0.2) is 4.98 Å². The molecular weight excluding hydrogens is 486 g/mol. The Bertz CT molecular complexity index is 1450. The van der Waals surface area contributed by atoms with Crippen LogP contribution in [0.2, 0.25) is 5.02 Å². The standard InChI is InChI=1S/C26H24ClN3O2S2/c1-16-12-13-18(14-20(16)27)30-25(32)23-19-10-6-7-11-21(19)34-24(23)28-26(30)33-15-22(31)29(2)17-8-4-3-5-9-17/h3-5,8-9,12-14H,6-7,10-11,15H2,1-2H3. The van der Waals surface area contributed by atoms with Crippen LogP contribution in [-0.2, 0) is 17.6 Å². The smallest absolute Gasteiger partial charge is 0.267 e. The predicted molar refractivity (Wildman–Crippen MR) is 142 cm³/mol. The number of halogens is 1. The van der Waals surface area contributed by atoms with Gasteiger partial charge in [-0.3, -0.25) is 14.2 Å². The van der Waals surface area contributed by atoms with E-state index in [1.54, 1.807) is 33.9 Å². The summed E-state index contributed by atoms with van der Waals surface area (Å²) in [7, 11) is 1.76. The number of anilines is 1. The lowest BCUT2D eigenvalue weighted by Crippen LogP contribution is -2.28. The average molecular weight is 510 g/mol. The van der Waals surface area contributed by atoms with E-state index < -0.39 is 0 Å². The Kier molecular flexibility index (Phi) is 6.51. The molecule has 0 N–H and O–H groups in total. The molecule has 0 aliphatic heterocycles. The van der Waals surface area contributed by atoms with Gasteiger partial charge in [0.15, 0.2) is 5.16 Å². The summed E-state index contributed by atoms with van der Waals surface area (Å²) in [5.74, 6) is 0.0955. The highest BCUT2D eigenvalue weighted by Crippen LogP contribution is 2.35. The van der Waals surface area contributed by atoms with E-state index in [9.17, 15) is 9.59 Å². The molecule has 0 bridgehead atoms. The second-order valence-electron chi connectivity index (χ2n) is 8.44. The maximum Gasteiger partial charge on any atom is 0.267 e. The Morgan fingerprint density at radius 2 is 1.94 bits per heavy atom. The van der Waals surface area contributed by atoms with E-state index in [1.165, 1.54) is 16.6 Å². The van der Waals surface area contributed by atoms with E-state index >= 15 is 0 Å². The monoisotopic (exact) mass is 509 g/mol. The van der Waals surface area contributed by atoms with Crippen molar-refractivity contribution in [3.05, 3.63) is 79.9 Å². The largest absolute Gasteiger partial charge is 0.315 e. The summed E-state index contributed by atoms with van der Waals surface area (Å²) in [6.45, 7) is 1.93. The van der Waals surface area contributed by atoms with Crippen LogP contribution in [0, 0.1) is 6.92 Å². The van der Waals surface area contributed by atoms with Gasteiger partial charge in [0.1, 0.15) is 4.83 Å². The molecule has 0 fully saturated rings. The van der Waals surface area contributed by atoms with Crippen LogP contribution >= 0.6 is 34.7 Å². The first kappa shape index (κ1) is 23.1. The number of hydrogen-bond acceptors (Lipinski definition) is 5. The normalized spacial score (nSPS) is 13.1. The van der Waals surface area contributed by atoms with Gasteiger partial charge in [0.2, 0.25) is 5.91 Å². The van der Waals surface area contributed by atoms with Gasteiger partial charge in [0.05, 0.1) is 16.8 Å². The quantitative estimate of drug-likeness (QED) is 0.243. The summed E-state index contributed by atoms with van der Waals surface area (Å²) in [4.78, 5) is 35.4. The summed E-state index contributed by atoms with van der Waals surface area (Å²) >= 11 is 9.31. The first-order valence-corrected chi connectivity index (χ1v) is 13.4. The number of fused-ring (bicyclic) bond motifs is 3. The summed E-state index contributed by atoms with van der Waals surface area (Å²) < 4.78 is 1.62. The van der Waals surface area contributed by atoms with Crippen LogP contribution < -0.4 is 10.5 Å². The number of benzene rings is 2. The van der Waals surface area contributed by atoms with E-state index in [4.69, 9.17) is 16.6 Å². The van der Waals surface area contributed by atoms with Gasteiger partial charge in [-0.15, -0.1) is 11.3 Å². The van der Waals surface area contributed by atoms with Gasteiger partial charge in [0, 0.05) is 22.6 Å².